The first-order valence-corrected chi connectivity index (χ1v) is 12.8. The second kappa shape index (κ2) is 8.84. The molecule has 39 heavy (non-hydrogen) atoms. The Hall–Kier alpha value is -4.37. The number of benzene rings is 2. The Morgan fingerprint density at radius 1 is 1.03 bits per heavy atom. The number of nitrogens with zero attached hydrogens (tertiary/aromatic N) is 2. The van der Waals surface area contributed by atoms with E-state index in [0.717, 1.165) is 10.5 Å². The number of Topliss-reactive ketones (excluding diaryl/α,β-unsaturated/α-hetero) is 1. The molecular weight excluding hydrogens is 524 g/mol. The third-order valence-electron chi connectivity index (χ3n) is 8.18. The molecule has 3 aliphatic carbocycles. The van der Waals surface area contributed by atoms with Gasteiger partial charge in [0, 0.05) is 39.8 Å². The van der Waals surface area contributed by atoms with Crippen molar-refractivity contribution in [1.29, 1.82) is 0 Å². The van der Waals surface area contributed by atoms with Crippen molar-refractivity contribution in [2.24, 2.45) is 17.8 Å². The van der Waals surface area contributed by atoms with Gasteiger partial charge in [-0.05, 0) is 61.6 Å². The van der Waals surface area contributed by atoms with Crippen molar-refractivity contribution in [1.82, 2.24) is 0 Å². The van der Waals surface area contributed by atoms with Crippen molar-refractivity contribution in [3.05, 3.63) is 97.6 Å². The van der Waals surface area contributed by atoms with Crippen LogP contribution in [-0.2, 0) is 19.2 Å². The van der Waals surface area contributed by atoms with E-state index in [9.17, 15) is 34.4 Å². The van der Waals surface area contributed by atoms with E-state index in [4.69, 9.17) is 11.6 Å². The maximum Gasteiger partial charge on any atom is 0.269 e. The molecule has 1 aliphatic heterocycles. The summed E-state index contributed by atoms with van der Waals surface area (Å²) in [5.41, 5.74) is 2.26. The van der Waals surface area contributed by atoms with Gasteiger partial charge in [-0.15, -0.1) is 0 Å². The third-order valence-corrected chi connectivity index (χ3v) is 8.50. The quantitative estimate of drug-likeness (QED) is 0.196. The largest absolute Gasteiger partial charge is 0.508 e. The minimum absolute atomic E-state index is 0.0555. The van der Waals surface area contributed by atoms with Crippen LogP contribution in [0.2, 0.25) is 5.02 Å². The highest BCUT2D eigenvalue weighted by Crippen LogP contribution is 2.56. The lowest BCUT2D eigenvalue weighted by Crippen LogP contribution is -2.39. The van der Waals surface area contributed by atoms with Crippen LogP contribution in [0.4, 0.5) is 11.4 Å². The zero-order valence-electron chi connectivity index (χ0n) is 20.6. The lowest BCUT2D eigenvalue weighted by atomic mass is 9.59. The molecule has 0 aromatic heterocycles. The van der Waals surface area contributed by atoms with Crippen LogP contribution in [-0.4, -0.2) is 33.4 Å². The molecule has 0 saturated carbocycles. The highest BCUT2D eigenvalue weighted by Gasteiger charge is 2.56. The van der Waals surface area contributed by atoms with Crippen molar-refractivity contribution in [2.75, 3.05) is 4.90 Å². The van der Waals surface area contributed by atoms with Gasteiger partial charge in [-0.1, -0.05) is 29.3 Å². The van der Waals surface area contributed by atoms with Crippen LogP contribution in [0.15, 0.2) is 76.9 Å². The summed E-state index contributed by atoms with van der Waals surface area (Å²) in [6, 6.07) is 9.65. The molecule has 2 aromatic carbocycles. The van der Waals surface area contributed by atoms with Gasteiger partial charge in [0.1, 0.15) is 5.75 Å². The number of imide groups is 1. The number of hydrogen-bond acceptors (Lipinski definition) is 7. The maximum absolute atomic E-state index is 13.9. The summed E-state index contributed by atoms with van der Waals surface area (Å²) in [7, 11) is 0. The van der Waals surface area contributed by atoms with E-state index in [1.54, 1.807) is 13.0 Å². The van der Waals surface area contributed by atoms with Crippen LogP contribution in [0, 0.1) is 27.9 Å². The molecule has 10 heteroatoms. The van der Waals surface area contributed by atoms with Crippen LogP contribution in [0.3, 0.4) is 0 Å². The number of fused-ring (bicyclic) bond motifs is 3. The number of carbonyl (C=O) groups is 4. The summed E-state index contributed by atoms with van der Waals surface area (Å²) in [6.45, 7) is 1.57. The van der Waals surface area contributed by atoms with Crippen molar-refractivity contribution >= 4 is 46.4 Å². The number of non-ortho nitro benzene ring substituents is 1. The van der Waals surface area contributed by atoms with Crippen LogP contribution in [0.25, 0.3) is 0 Å². The number of ketones is 2. The Bertz CT molecular complexity index is 1620. The number of halogens is 1. The second-order valence-corrected chi connectivity index (χ2v) is 10.6. The van der Waals surface area contributed by atoms with Crippen molar-refractivity contribution < 1.29 is 29.2 Å². The van der Waals surface area contributed by atoms with Gasteiger partial charge in [0.15, 0.2) is 11.6 Å². The number of phenolic OH excluding ortho intramolecular Hbond substituents is 1. The van der Waals surface area contributed by atoms with E-state index < -0.39 is 40.4 Å². The first-order valence-electron chi connectivity index (χ1n) is 12.4. The van der Waals surface area contributed by atoms with E-state index in [-0.39, 0.29) is 46.6 Å². The third kappa shape index (κ3) is 3.68. The molecule has 1 N–H and O–H groups in total. The highest BCUT2D eigenvalue weighted by molar-refractivity contribution is 6.32. The topological polar surface area (TPSA) is 135 Å². The molecule has 1 fully saturated rings. The number of carbonyl (C=O) groups excluding carboxylic acids is 4. The van der Waals surface area contributed by atoms with Gasteiger partial charge in [-0.2, -0.15) is 0 Å². The van der Waals surface area contributed by atoms with Gasteiger partial charge in [-0.3, -0.25) is 34.2 Å². The van der Waals surface area contributed by atoms with Gasteiger partial charge in [0.2, 0.25) is 11.8 Å². The molecule has 6 rings (SSSR count). The number of hydrogen-bond donors (Lipinski definition) is 1. The molecule has 4 unspecified atom stereocenters. The van der Waals surface area contributed by atoms with E-state index in [1.165, 1.54) is 42.5 Å². The van der Waals surface area contributed by atoms with Gasteiger partial charge >= 0.3 is 0 Å². The van der Waals surface area contributed by atoms with Crippen LogP contribution in [0.1, 0.15) is 31.2 Å². The summed E-state index contributed by atoms with van der Waals surface area (Å²) in [5, 5.41) is 21.2. The summed E-state index contributed by atoms with van der Waals surface area (Å²) in [6.07, 6.45) is 3.56. The van der Waals surface area contributed by atoms with Gasteiger partial charge in [0.25, 0.3) is 5.69 Å². The molecule has 0 radical (unpaired) electrons. The number of amides is 2. The number of anilines is 1. The van der Waals surface area contributed by atoms with Gasteiger partial charge in [0.05, 0.1) is 22.4 Å². The molecule has 1 heterocycles. The zero-order chi connectivity index (χ0) is 27.7. The summed E-state index contributed by atoms with van der Waals surface area (Å²) in [5.74, 6) is -4.22. The molecular formula is C29H21ClN2O7. The van der Waals surface area contributed by atoms with E-state index in [2.05, 4.69) is 0 Å². The summed E-state index contributed by atoms with van der Waals surface area (Å²) < 4.78 is 0. The number of nitro groups is 1. The molecule has 4 aliphatic rings. The van der Waals surface area contributed by atoms with E-state index >= 15 is 0 Å². The molecule has 4 atom stereocenters. The number of allylic oxidation sites excluding steroid dienone is 6. The lowest BCUT2D eigenvalue weighted by Gasteiger charge is -2.42. The SMILES string of the molecule is CC1=CC(=O)C2=C(CC3C(=CCC4C(=O)N(c5ccc([N+](=O)[O-])cc5)C(=O)C43)C2c2ccc(O)cc2Cl)C1=O. The first-order chi connectivity index (χ1) is 18.6. The van der Waals surface area contributed by atoms with E-state index in [1.807, 2.05) is 6.08 Å². The Labute approximate surface area is 227 Å². The number of aromatic hydroxyl groups is 1. The van der Waals surface area contributed by atoms with Gasteiger partial charge in [-0.25, -0.2) is 0 Å². The molecule has 1 saturated heterocycles. The normalized spacial score (nSPS) is 26.2. The van der Waals surface area contributed by atoms with Crippen molar-refractivity contribution in [3.63, 3.8) is 0 Å². The molecule has 2 amide bonds. The van der Waals surface area contributed by atoms with Crippen molar-refractivity contribution in [2.45, 2.75) is 25.7 Å². The second-order valence-electron chi connectivity index (χ2n) is 10.2. The summed E-state index contributed by atoms with van der Waals surface area (Å²) >= 11 is 6.54. The number of rotatable bonds is 3. The zero-order valence-corrected chi connectivity index (χ0v) is 21.3. The van der Waals surface area contributed by atoms with Crippen molar-refractivity contribution in [3.8, 4) is 5.75 Å². The summed E-state index contributed by atoms with van der Waals surface area (Å²) in [4.78, 5) is 65.5. The van der Waals surface area contributed by atoms with Gasteiger partial charge < -0.3 is 5.11 Å². The lowest BCUT2D eigenvalue weighted by molar-refractivity contribution is -0.384. The van der Waals surface area contributed by atoms with E-state index in [0.29, 0.717) is 22.3 Å². The number of nitro benzene ring substituents is 1. The molecule has 196 valence electrons. The Morgan fingerprint density at radius 2 is 1.74 bits per heavy atom. The predicted molar refractivity (Wildman–Crippen MR) is 140 cm³/mol. The standard InChI is InChI=1S/C29H21ClN2O7/c1-13-10-23(34)26-21(27(13)35)12-20-17(24(26)18-7-6-16(33)11-22(18)30)8-9-19-25(20)29(37)31(28(19)36)14-2-4-15(5-3-14)32(38)39/h2-8,10-11,19-20,24-25,33H,9,12H2,1H3. The highest BCUT2D eigenvalue weighted by atomic mass is 35.5. The minimum Gasteiger partial charge on any atom is -0.508 e. The van der Waals surface area contributed by atoms with Crippen LogP contribution in [0.5, 0.6) is 5.75 Å². The molecule has 0 bridgehead atoms. The fourth-order valence-electron chi connectivity index (χ4n) is 6.47. The maximum atomic E-state index is 13.9. The number of phenols is 1. The van der Waals surface area contributed by atoms with Crippen LogP contribution >= 0.6 is 11.6 Å². The van der Waals surface area contributed by atoms with Crippen LogP contribution < -0.4 is 4.90 Å². The molecule has 0 spiro atoms. The fourth-order valence-corrected chi connectivity index (χ4v) is 6.75. The smallest absolute Gasteiger partial charge is 0.269 e. The fraction of sp³-hybridized carbons (Fsp3) is 0.241. The Kier molecular flexibility index (Phi) is 5.65. The molecule has 2 aromatic rings. The minimum atomic E-state index is -0.783. The monoisotopic (exact) mass is 544 g/mol. The first kappa shape index (κ1) is 24.9. The Balaban J connectivity index is 1.46. The average Bonchev–Trinajstić information content (AvgIpc) is 3.16. The molecule has 9 nitrogen and oxygen atoms in total. The average molecular weight is 545 g/mol. The Morgan fingerprint density at radius 3 is 2.41 bits per heavy atom. The predicted octanol–water partition coefficient (Wildman–Crippen LogP) is 4.59.